The molecule has 0 radical (unpaired) electrons. The number of alkyl halides is 3. The van der Waals surface area contributed by atoms with Gasteiger partial charge in [0.15, 0.2) is 5.72 Å². The van der Waals surface area contributed by atoms with Crippen LogP contribution in [0.3, 0.4) is 0 Å². The third-order valence-corrected chi connectivity index (χ3v) is 5.08. The predicted octanol–water partition coefficient (Wildman–Crippen LogP) is 4.77. The topological polar surface area (TPSA) is 52.9 Å². The van der Waals surface area contributed by atoms with E-state index in [1.807, 2.05) is 30.3 Å². The Morgan fingerprint density at radius 3 is 2.39 bits per heavy atom. The second-order valence-electron chi connectivity index (χ2n) is 6.59. The number of nitrogens with zero attached hydrogens (tertiary/aromatic N) is 2. The highest BCUT2D eigenvalue weighted by atomic mass is 79.9. The zero-order valence-electron chi connectivity index (χ0n) is 14.8. The van der Waals surface area contributed by atoms with E-state index >= 15 is 0 Å². The zero-order valence-corrected chi connectivity index (χ0v) is 16.4. The van der Waals surface area contributed by atoms with Gasteiger partial charge in [-0.15, -0.1) is 0 Å². The van der Waals surface area contributed by atoms with Crippen molar-refractivity contribution in [3.05, 3.63) is 70.2 Å². The van der Waals surface area contributed by atoms with Gasteiger partial charge >= 0.3 is 6.18 Å². The minimum Gasteiger partial charge on any atom is -0.365 e. The first-order valence-electron chi connectivity index (χ1n) is 8.70. The lowest BCUT2D eigenvalue weighted by Gasteiger charge is -2.31. The summed E-state index contributed by atoms with van der Waals surface area (Å²) in [5.41, 5.74) is -2.13. The molecule has 2 aromatic rings. The molecule has 8 heteroatoms. The molecule has 3 rings (SSSR count). The number of hydrazone groups is 1. The molecule has 0 aromatic heterocycles. The van der Waals surface area contributed by atoms with Crippen LogP contribution in [0.2, 0.25) is 0 Å². The molecule has 0 saturated carbocycles. The van der Waals surface area contributed by atoms with Crippen molar-refractivity contribution in [1.82, 2.24) is 5.01 Å². The lowest BCUT2D eigenvalue weighted by atomic mass is 9.96. The summed E-state index contributed by atoms with van der Waals surface area (Å²) in [5.74, 6) is -0.652. The number of aryl methyl sites for hydroxylation is 1. The number of rotatable bonds is 5. The molecule has 2 aromatic carbocycles. The molecule has 0 fully saturated rings. The molecule has 0 aliphatic carbocycles. The summed E-state index contributed by atoms with van der Waals surface area (Å²) < 4.78 is 40.3. The van der Waals surface area contributed by atoms with E-state index in [0.717, 1.165) is 5.56 Å². The maximum Gasteiger partial charge on any atom is 0.431 e. The van der Waals surface area contributed by atoms with Gasteiger partial charge in [-0.1, -0.05) is 58.4 Å². The number of hydrogen-bond acceptors (Lipinski definition) is 3. The molecule has 0 saturated heterocycles. The van der Waals surface area contributed by atoms with E-state index in [4.69, 9.17) is 0 Å². The van der Waals surface area contributed by atoms with Gasteiger partial charge in [-0.25, -0.2) is 0 Å². The van der Waals surface area contributed by atoms with Crippen LogP contribution in [0.5, 0.6) is 0 Å². The normalized spacial score (nSPS) is 19.6. The van der Waals surface area contributed by atoms with Crippen LogP contribution in [0.25, 0.3) is 0 Å². The second kappa shape index (κ2) is 8.05. The number of carbonyl (C=O) groups is 1. The Labute approximate surface area is 168 Å². The standard InChI is InChI=1S/C20H18BrF3N2O2/c21-16-11-9-15(10-12-16)19(28)13-17(20(22,23)24)25-26(19)18(27)8-4-7-14-5-2-1-3-6-14/h1-3,5-6,9-12,28H,4,7-8,13H2. The Morgan fingerprint density at radius 2 is 1.79 bits per heavy atom. The summed E-state index contributed by atoms with van der Waals surface area (Å²) in [4.78, 5) is 12.6. The van der Waals surface area contributed by atoms with E-state index in [2.05, 4.69) is 21.0 Å². The van der Waals surface area contributed by atoms with Gasteiger partial charge in [0.2, 0.25) is 5.91 Å². The van der Waals surface area contributed by atoms with Gasteiger partial charge in [-0.3, -0.25) is 4.79 Å². The molecule has 1 heterocycles. The third-order valence-electron chi connectivity index (χ3n) is 4.55. The first-order valence-corrected chi connectivity index (χ1v) is 9.49. The lowest BCUT2D eigenvalue weighted by Crippen LogP contribution is -2.43. The van der Waals surface area contributed by atoms with Crippen molar-refractivity contribution in [3.63, 3.8) is 0 Å². The van der Waals surface area contributed by atoms with Crippen molar-refractivity contribution in [3.8, 4) is 0 Å². The SMILES string of the molecule is O=C(CCCc1ccccc1)N1N=C(C(F)(F)F)CC1(O)c1ccc(Br)cc1. The molecule has 0 spiro atoms. The molecule has 1 amide bonds. The highest BCUT2D eigenvalue weighted by Crippen LogP contribution is 2.40. The Kier molecular flexibility index (Phi) is 5.90. The summed E-state index contributed by atoms with van der Waals surface area (Å²) >= 11 is 3.24. The van der Waals surface area contributed by atoms with Gasteiger partial charge in [0, 0.05) is 16.5 Å². The van der Waals surface area contributed by atoms with Crippen molar-refractivity contribution in [2.75, 3.05) is 0 Å². The maximum atomic E-state index is 13.2. The summed E-state index contributed by atoms with van der Waals surface area (Å²) in [6.07, 6.45) is -4.51. The van der Waals surface area contributed by atoms with Gasteiger partial charge in [-0.2, -0.15) is 23.3 Å². The highest BCUT2D eigenvalue weighted by molar-refractivity contribution is 9.10. The summed E-state index contributed by atoms with van der Waals surface area (Å²) in [6, 6.07) is 15.6. The molecule has 4 nitrogen and oxygen atoms in total. The highest BCUT2D eigenvalue weighted by Gasteiger charge is 2.52. The van der Waals surface area contributed by atoms with Crippen molar-refractivity contribution < 1.29 is 23.1 Å². The third kappa shape index (κ3) is 4.44. The molecule has 28 heavy (non-hydrogen) atoms. The Hall–Kier alpha value is -2.19. The van der Waals surface area contributed by atoms with Gasteiger partial charge in [0.25, 0.3) is 0 Å². The van der Waals surface area contributed by atoms with Crippen LogP contribution < -0.4 is 0 Å². The largest absolute Gasteiger partial charge is 0.431 e. The summed E-state index contributed by atoms with van der Waals surface area (Å²) in [6.45, 7) is 0. The number of carbonyl (C=O) groups excluding carboxylic acids is 1. The molecule has 1 unspecified atom stereocenters. The van der Waals surface area contributed by atoms with Crippen LogP contribution in [0.1, 0.15) is 30.4 Å². The van der Waals surface area contributed by atoms with Crippen LogP contribution in [-0.2, 0) is 16.9 Å². The quantitative estimate of drug-likeness (QED) is 0.707. The van der Waals surface area contributed by atoms with E-state index in [0.29, 0.717) is 22.3 Å². The van der Waals surface area contributed by atoms with Crippen molar-refractivity contribution in [2.24, 2.45) is 5.10 Å². The number of benzene rings is 2. The molecule has 1 N–H and O–H groups in total. The second-order valence-corrected chi connectivity index (χ2v) is 7.51. The van der Waals surface area contributed by atoms with Crippen LogP contribution in [0.15, 0.2) is 64.2 Å². The zero-order chi connectivity index (χ0) is 20.4. The number of halogens is 4. The molecule has 1 atom stereocenters. The maximum absolute atomic E-state index is 13.2. The average molecular weight is 455 g/mol. The number of amides is 1. The molecule has 1 aliphatic heterocycles. The molecule has 1 aliphatic rings. The van der Waals surface area contributed by atoms with Gasteiger partial charge in [0.05, 0.1) is 6.42 Å². The fourth-order valence-electron chi connectivity index (χ4n) is 3.10. The number of hydrogen-bond donors (Lipinski definition) is 1. The van der Waals surface area contributed by atoms with E-state index in [1.54, 1.807) is 12.1 Å². The smallest absolute Gasteiger partial charge is 0.365 e. The van der Waals surface area contributed by atoms with E-state index < -0.39 is 29.9 Å². The van der Waals surface area contributed by atoms with Crippen LogP contribution in [0.4, 0.5) is 13.2 Å². The molecule has 148 valence electrons. The van der Waals surface area contributed by atoms with Gasteiger partial charge < -0.3 is 5.11 Å². The van der Waals surface area contributed by atoms with Crippen LogP contribution in [-0.4, -0.2) is 27.9 Å². The Balaban J connectivity index is 1.80. The fraction of sp³-hybridized carbons (Fsp3) is 0.300. The summed E-state index contributed by atoms with van der Waals surface area (Å²) in [5, 5.41) is 15.0. The van der Waals surface area contributed by atoms with Crippen LogP contribution >= 0.6 is 15.9 Å². The molecule has 0 bridgehead atoms. The van der Waals surface area contributed by atoms with Crippen LogP contribution in [0, 0.1) is 0 Å². The number of aliphatic hydroxyl groups is 1. The first kappa shape index (κ1) is 20.5. The van der Waals surface area contributed by atoms with E-state index in [-0.39, 0.29) is 12.0 Å². The Morgan fingerprint density at radius 1 is 1.14 bits per heavy atom. The minimum atomic E-state index is -4.72. The molecular weight excluding hydrogens is 437 g/mol. The predicted molar refractivity (Wildman–Crippen MR) is 102 cm³/mol. The van der Waals surface area contributed by atoms with Crippen molar-refractivity contribution >= 4 is 27.5 Å². The fourth-order valence-corrected chi connectivity index (χ4v) is 3.37. The van der Waals surface area contributed by atoms with E-state index in [1.165, 1.54) is 12.1 Å². The minimum absolute atomic E-state index is 0.0254. The molecular formula is C20H18BrF3N2O2. The summed E-state index contributed by atoms with van der Waals surface area (Å²) in [7, 11) is 0. The van der Waals surface area contributed by atoms with E-state index in [9.17, 15) is 23.1 Å². The average Bonchev–Trinajstić information content (AvgIpc) is 3.02. The monoisotopic (exact) mass is 454 g/mol. The lowest BCUT2D eigenvalue weighted by molar-refractivity contribution is -0.158. The first-order chi connectivity index (χ1) is 13.2. The van der Waals surface area contributed by atoms with Gasteiger partial charge in [-0.05, 0) is 30.5 Å². The van der Waals surface area contributed by atoms with Crippen molar-refractivity contribution in [1.29, 1.82) is 0 Å². The van der Waals surface area contributed by atoms with Crippen molar-refractivity contribution in [2.45, 2.75) is 37.6 Å². The Bertz CT molecular complexity index is 869. The van der Waals surface area contributed by atoms with Gasteiger partial charge in [0.1, 0.15) is 5.71 Å².